The minimum atomic E-state index is -0.203. The monoisotopic (exact) mass is 311 g/mol. The molecule has 0 aliphatic carbocycles. The van der Waals surface area contributed by atoms with Crippen molar-refractivity contribution in [1.82, 2.24) is 5.32 Å². The second-order valence-electron chi connectivity index (χ2n) is 3.96. The van der Waals surface area contributed by atoms with Gasteiger partial charge in [0.2, 0.25) is 5.91 Å². The molecule has 0 fully saturated rings. The van der Waals surface area contributed by atoms with Crippen LogP contribution in [0.4, 0.5) is 0 Å². The zero-order chi connectivity index (χ0) is 14.4. The fourth-order valence-corrected chi connectivity index (χ4v) is 2.74. The molecule has 1 atom stereocenters. The molecule has 0 aromatic carbocycles. The number of hydrogen-bond donors (Lipinski definition) is 1. The molecule has 20 heavy (non-hydrogen) atoms. The highest BCUT2D eigenvalue weighted by atomic mass is 35.5. The maximum atomic E-state index is 11.7. The van der Waals surface area contributed by atoms with Crippen molar-refractivity contribution in [2.24, 2.45) is 0 Å². The summed E-state index contributed by atoms with van der Waals surface area (Å²) in [6.07, 6.45) is 4.39. The summed E-state index contributed by atoms with van der Waals surface area (Å²) in [6.45, 7) is 0.384. The first-order valence-electron chi connectivity index (χ1n) is 5.96. The quantitative estimate of drug-likeness (QED) is 0.831. The van der Waals surface area contributed by atoms with Gasteiger partial charge in [0.05, 0.1) is 10.6 Å². The van der Waals surface area contributed by atoms with Gasteiger partial charge in [-0.1, -0.05) is 11.6 Å². The maximum Gasteiger partial charge on any atom is 0.244 e. The number of amides is 1. The lowest BCUT2D eigenvalue weighted by atomic mass is 10.3. The van der Waals surface area contributed by atoms with Gasteiger partial charge < -0.3 is 14.5 Å². The predicted molar refractivity (Wildman–Crippen MR) is 79.8 cm³/mol. The van der Waals surface area contributed by atoms with E-state index in [-0.39, 0.29) is 12.0 Å². The summed E-state index contributed by atoms with van der Waals surface area (Å²) >= 11 is 7.32. The zero-order valence-electron chi connectivity index (χ0n) is 10.8. The van der Waals surface area contributed by atoms with E-state index in [1.54, 1.807) is 31.6 Å². The molecule has 2 aromatic rings. The van der Waals surface area contributed by atoms with Gasteiger partial charge in [0, 0.05) is 24.6 Å². The minimum Gasteiger partial charge on any atom is -0.465 e. The van der Waals surface area contributed by atoms with Crippen molar-refractivity contribution in [3.63, 3.8) is 0 Å². The van der Waals surface area contributed by atoms with E-state index in [0.717, 1.165) is 4.88 Å². The van der Waals surface area contributed by atoms with Crippen molar-refractivity contribution in [3.05, 3.63) is 51.6 Å². The van der Waals surface area contributed by atoms with Crippen LogP contribution in [-0.2, 0) is 9.53 Å². The Bertz CT molecular complexity index is 577. The molecular weight excluding hydrogens is 298 g/mol. The highest BCUT2D eigenvalue weighted by Gasteiger charge is 2.13. The summed E-state index contributed by atoms with van der Waals surface area (Å²) in [4.78, 5) is 12.7. The number of methoxy groups -OCH3 is 1. The Labute approximate surface area is 126 Å². The maximum absolute atomic E-state index is 11.7. The smallest absolute Gasteiger partial charge is 0.244 e. The van der Waals surface area contributed by atoms with Crippen molar-refractivity contribution in [1.29, 1.82) is 0 Å². The SMILES string of the molecule is COC(CNC(=O)/C=C/c1ccco1)c1ccc(Cl)s1. The molecule has 106 valence electrons. The van der Waals surface area contributed by atoms with Gasteiger partial charge in [-0.15, -0.1) is 11.3 Å². The highest BCUT2D eigenvalue weighted by Crippen LogP contribution is 2.28. The molecule has 0 aliphatic rings. The Morgan fingerprint density at radius 2 is 2.40 bits per heavy atom. The standard InChI is InChI=1S/C14H14ClNO3S/c1-18-11(12-5-6-13(15)20-12)9-16-14(17)7-4-10-3-2-8-19-10/h2-8,11H,9H2,1H3,(H,16,17)/b7-4+. The molecule has 4 nitrogen and oxygen atoms in total. The second-order valence-corrected chi connectivity index (χ2v) is 5.71. The van der Waals surface area contributed by atoms with Crippen LogP contribution in [-0.4, -0.2) is 19.6 Å². The summed E-state index contributed by atoms with van der Waals surface area (Å²) in [6, 6.07) is 7.24. The molecule has 1 unspecified atom stereocenters. The van der Waals surface area contributed by atoms with Crippen LogP contribution in [0.1, 0.15) is 16.7 Å². The van der Waals surface area contributed by atoms with Crippen molar-refractivity contribution in [2.75, 3.05) is 13.7 Å². The number of carbonyl (C=O) groups excluding carboxylic acids is 1. The van der Waals surface area contributed by atoms with E-state index in [1.807, 2.05) is 12.1 Å². The second kappa shape index (κ2) is 7.28. The van der Waals surface area contributed by atoms with E-state index >= 15 is 0 Å². The zero-order valence-corrected chi connectivity index (χ0v) is 12.4. The van der Waals surface area contributed by atoms with E-state index in [2.05, 4.69) is 5.32 Å². The molecule has 0 spiro atoms. The molecule has 1 N–H and O–H groups in total. The summed E-state index contributed by atoms with van der Waals surface area (Å²) in [5, 5.41) is 2.78. The number of ether oxygens (including phenoxy) is 1. The molecular formula is C14H14ClNO3S. The molecule has 0 bridgehead atoms. The fraction of sp³-hybridized carbons (Fsp3) is 0.214. The van der Waals surface area contributed by atoms with Crippen LogP contribution in [0.15, 0.2) is 41.0 Å². The van der Waals surface area contributed by atoms with Crippen LogP contribution in [0.25, 0.3) is 6.08 Å². The average molecular weight is 312 g/mol. The Morgan fingerprint density at radius 1 is 1.55 bits per heavy atom. The summed E-state index contributed by atoms with van der Waals surface area (Å²) in [5.41, 5.74) is 0. The van der Waals surface area contributed by atoms with Crippen molar-refractivity contribution < 1.29 is 13.9 Å². The summed E-state index contributed by atoms with van der Waals surface area (Å²) in [7, 11) is 1.60. The van der Waals surface area contributed by atoms with Gasteiger partial charge in [-0.25, -0.2) is 0 Å². The topological polar surface area (TPSA) is 51.5 Å². The fourth-order valence-electron chi connectivity index (χ4n) is 1.60. The molecule has 1 amide bonds. The van der Waals surface area contributed by atoms with E-state index in [4.69, 9.17) is 20.8 Å². The Balaban J connectivity index is 1.85. The number of furan rings is 1. The van der Waals surface area contributed by atoms with E-state index in [9.17, 15) is 4.79 Å². The lowest BCUT2D eigenvalue weighted by Gasteiger charge is -2.13. The normalized spacial score (nSPS) is 12.7. The van der Waals surface area contributed by atoms with Gasteiger partial charge in [-0.2, -0.15) is 0 Å². The summed E-state index contributed by atoms with van der Waals surface area (Å²) < 4.78 is 11.1. The van der Waals surface area contributed by atoms with Crippen LogP contribution in [0.2, 0.25) is 4.34 Å². The summed E-state index contributed by atoms with van der Waals surface area (Å²) in [5.74, 6) is 0.430. The molecule has 6 heteroatoms. The number of thiophene rings is 1. The molecule has 2 heterocycles. The first kappa shape index (κ1) is 14.8. The van der Waals surface area contributed by atoms with Crippen LogP contribution in [0.3, 0.4) is 0 Å². The molecule has 2 aromatic heterocycles. The van der Waals surface area contributed by atoms with Crippen molar-refractivity contribution >= 4 is 34.9 Å². The molecule has 0 radical (unpaired) electrons. The van der Waals surface area contributed by atoms with Crippen molar-refractivity contribution in [3.8, 4) is 0 Å². The van der Waals surface area contributed by atoms with Gasteiger partial charge in [0.15, 0.2) is 0 Å². The third-order valence-corrected chi connectivity index (χ3v) is 3.92. The van der Waals surface area contributed by atoms with Gasteiger partial charge in [0.1, 0.15) is 11.9 Å². The van der Waals surface area contributed by atoms with E-state index < -0.39 is 0 Å². The predicted octanol–water partition coefficient (Wildman–Crippen LogP) is 3.51. The van der Waals surface area contributed by atoms with Crippen LogP contribution < -0.4 is 5.32 Å². The highest BCUT2D eigenvalue weighted by molar-refractivity contribution is 7.16. The van der Waals surface area contributed by atoms with Gasteiger partial charge in [-0.3, -0.25) is 4.79 Å². The first-order valence-corrected chi connectivity index (χ1v) is 7.16. The molecule has 0 saturated carbocycles. The number of halogens is 1. The molecule has 0 aliphatic heterocycles. The Kier molecular flexibility index (Phi) is 5.40. The van der Waals surface area contributed by atoms with Gasteiger partial charge >= 0.3 is 0 Å². The largest absolute Gasteiger partial charge is 0.465 e. The average Bonchev–Trinajstić information content (AvgIpc) is 3.09. The van der Waals surface area contributed by atoms with E-state index in [0.29, 0.717) is 16.6 Å². The molecule has 2 rings (SSSR count). The van der Waals surface area contributed by atoms with Gasteiger partial charge in [-0.05, 0) is 30.3 Å². The Morgan fingerprint density at radius 3 is 3.00 bits per heavy atom. The van der Waals surface area contributed by atoms with Gasteiger partial charge in [0.25, 0.3) is 0 Å². The lowest BCUT2D eigenvalue weighted by Crippen LogP contribution is -2.27. The third kappa shape index (κ3) is 4.23. The number of nitrogens with one attached hydrogen (secondary N) is 1. The number of hydrogen-bond acceptors (Lipinski definition) is 4. The van der Waals surface area contributed by atoms with Crippen LogP contribution in [0, 0.1) is 0 Å². The Hall–Kier alpha value is -1.56. The minimum absolute atomic E-state index is 0.200. The third-order valence-electron chi connectivity index (χ3n) is 2.60. The lowest BCUT2D eigenvalue weighted by molar-refractivity contribution is -0.117. The number of rotatable bonds is 6. The van der Waals surface area contributed by atoms with Crippen molar-refractivity contribution in [2.45, 2.75) is 6.10 Å². The van der Waals surface area contributed by atoms with E-state index in [1.165, 1.54) is 17.4 Å². The number of carbonyl (C=O) groups is 1. The van der Waals surface area contributed by atoms with Crippen LogP contribution in [0.5, 0.6) is 0 Å². The van der Waals surface area contributed by atoms with Crippen LogP contribution >= 0.6 is 22.9 Å². The first-order chi connectivity index (χ1) is 9.69. The molecule has 0 saturated heterocycles.